The summed E-state index contributed by atoms with van der Waals surface area (Å²) >= 11 is 0. The van der Waals surface area contributed by atoms with Crippen LogP contribution in [0.4, 0.5) is 5.82 Å². The Morgan fingerprint density at radius 1 is 1.13 bits per heavy atom. The van der Waals surface area contributed by atoms with Crippen LogP contribution in [-0.4, -0.2) is 28.5 Å². The third-order valence-electron chi connectivity index (χ3n) is 4.66. The van der Waals surface area contributed by atoms with Gasteiger partial charge in [0.15, 0.2) is 17.3 Å². The minimum Gasteiger partial charge on any atom is -0.493 e. The average Bonchev–Trinajstić information content (AvgIpc) is 2.74. The zero-order valence-electron chi connectivity index (χ0n) is 18.4. The molecular formula is C23H27N5O3. The zero-order chi connectivity index (χ0) is 22.4. The van der Waals surface area contributed by atoms with Gasteiger partial charge >= 0.3 is 5.69 Å². The number of rotatable bonds is 7. The molecule has 0 unspecified atom stereocenters. The lowest BCUT2D eigenvalue weighted by molar-refractivity contribution is 0.284. The fraction of sp³-hybridized carbons (Fsp3) is 0.304. The number of aromatic nitrogens is 3. The molecule has 31 heavy (non-hydrogen) atoms. The molecular weight excluding hydrogens is 394 g/mol. The Labute approximate surface area is 181 Å². The van der Waals surface area contributed by atoms with Crippen molar-refractivity contribution in [2.45, 2.75) is 39.7 Å². The molecule has 0 aliphatic heterocycles. The van der Waals surface area contributed by atoms with Crippen molar-refractivity contribution in [3.63, 3.8) is 0 Å². The Morgan fingerprint density at radius 2 is 1.87 bits per heavy atom. The van der Waals surface area contributed by atoms with Crippen molar-refractivity contribution >= 4 is 12.0 Å². The monoisotopic (exact) mass is 421 g/mol. The molecule has 2 aromatic carbocycles. The van der Waals surface area contributed by atoms with Crippen LogP contribution >= 0.6 is 0 Å². The van der Waals surface area contributed by atoms with Crippen LogP contribution in [0, 0.1) is 6.92 Å². The van der Waals surface area contributed by atoms with E-state index in [1.165, 1.54) is 5.56 Å². The highest BCUT2D eigenvalue weighted by molar-refractivity contribution is 5.81. The predicted molar refractivity (Wildman–Crippen MR) is 121 cm³/mol. The number of nitrogens with zero attached hydrogens (tertiary/aromatic N) is 3. The maximum atomic E-state index is 11.3. The van der Waals surface area contributed by atoms with E-state index in [9.17, 15) is 4.79 Å². The zero-order valence-corrected chi connectivity index (χ0v) is 18.4. The highest BCUT2D eigenvalue weighted by atomic mass is 16.5. The molecule has 8 nitrogen and oxygen atoms in total. The molecule has 0 aliphatic carbocycles. The van der Waals surface area contributed by atoms with Gasteiger partial charge in [-0.25, -0.2) is 9.89 Å². The second-order valence-corrected chi connectivity index (χ2v) is 8.09. The van der Waals surface area contributed by atoms with E-state index < -0.39 is 5.69 Å². The minimum atomic E-state index is -0.542. The van der Waals surface area contributed by atoms with Crippen LogP contribution in [0.25, 0.3) is 0 Å². The average molecular weight is 422 g/mol. The summed E-state index contributed by atoms with van der Waals surface area (Å²) in [5, 5.41) is 10.2. The summed E-state index contributed by atoms with van der Waals surface area (Å²) in [6.45, 7) is 8.73. The molecule has 0 bridgehead atoms. The highest BCUT2D eigenvalue weighted by Crippen LogP contribution is 2.29. The van der Waals surface area contributed by atoms with Crippen molar-refractivity contribution in [2.24, 2.45) is 5.10 Å². The van der Waals surface area contributed by atoms with Gasteiger partial charge in [0.05, 0.1) is 13.3 Å². The van der Waals surface area contributed by atoms with Crippen LogP contribution < -0.4 is 20.6 Å². The number of benzene rings is 2. The van der Waals surface area contributed by atoms with Crippen molar-refractivity contribution in [1.82, 2.24) is 15.2 Å². The third kappa shape index (κ3) is 5.91. The SMILES string of the molecule is COc1cc(/C=N/Nc2nc(=O)[nH]nc2C)ccc1OCc1ccc(C(C)(C)C)cc1. The van der Waals surface area contributed by atoms with Crippen LogP contribution in [0.15, 0.2) is 52.4 Å². The van der Waals surface area contributed by atoms with Crippen molar-refractivity contribution in [1.29, 1.82) is 0 Å². The molecule has 8 heteroatoms. The summed E-state index contributed by atoms with van der Waals surface area (Å²) in [4.78, 5) is 15.1. The minimum absolute atomic E-state index is 0.121. The second-order valence-electron chi connectivity index (χ2n) is 8.09. The summed E-state index contributed by atoms with van der Waals surface area (Å²) in [6.07, 6.45) is 1.60. The van der Waals surface area contributed by atoms with Crippen LogP contribution in [-0.2, 0) is 12.0 Å². The van der Waals surface area contributed by atoms with Gasteiger partial charge < -0.3 is 9.47 Å². The van der Waals surface area contributed by atoms with Crippen LogP contribution in [0.1, 0.15) is 43.2 Å². The number of hydrazone groups is 1. The Balaban J connectivity index is 1.65. The summed E-state index contributed by atoms with van der Waals surface area (Å²) in [5.41, 5.74) is 6.00. The van der Waals surface area contributed by atoms with E-state index >= 15 is 0 Å². The van der Waals surface area contributed by atoms with E-state index in [0.29, 0.717) is 29.6 Å². The smallest absolute Gasteiger partial charge is 0.363 e. The lowest BCUT2D eigenvalue weighted by Gasteiger charge is -2.19. The first-order valence-electron chi connectivity index (χ1n) is 9.89. The van der Waals surface area contributed by atoms with Crippen molar-refractivity contribution in [3.05, 3.63) is 75.3 Å². The van der Waals surface area contributed by atoms with E-state index in [4.69, 9.17) is 9.47 Å². The molecule has 1 heterocycles. The number of aromatic amines is 1. The molecule has 0 saturated carbocycles. The van der Waals surface area contributed by atoms with Gasteiger partial charge in [0.1, 0.15) is 12.3 Å². The maximum absolute atomic E-state index is 11.3. The Morgan fingerprint density at radius 3 is 2.55 bits per heavy atom. The van der Waals surface area contributed by atoms with Gasteiger partial charge in [0.25, 0.3) is 0 Å². The highest BCUT2D eigenvalue weighted by Gasteiger charge is 2.13. The number of anilines is 1. The molecule has 0 spiro atoms. The normalized spacial score (nSPS) is 11.5. The number of aryl methyl sites for hydroxylation is 1. The second kappa shape index (κ2) is 9.42. The third-order valence-corrected chi connectivity index (χ3v) is 4.66. The van der Waals surface area contributed by atoms with E-state index in [0.717, 1.165) is 11.1 Å². The van der Waals surface area contributed by atoms with E-state index in [1.54, 1.807) is 20.2 Å². The van der Waals surface area contributed by atoms with Crippen molar-refractivity contribution < 1.29 is 9.47 Å². The molecule has 2 N–H and O–H groups in total. The Kier molecular flexibility index (Phi) is 6.69. The summed E-state index contributed by atoms with van der Waals surface area (Å²) in [6, 6.07) is 14.0. The molecule has 0 aliphatic rings. The number of hydrogen-bond acceptors (Lipinski definition) is 7. The van der Waals surface area contributed by atoms with Gasteiger partial charge in [-0.1, -0.05) is 45.0 Å². The van der Waals surface area contributed by atoms with Gasteiger partial charge in [-0.05, 0) is 47.2 Å². The fourth-order valence-electron chi connectivity index (χ4n) is 2.81. The van der Waals surface area contributed by atoms with E-state index in [2.05, 4.69) is 70.7 Å². The largest absolute Gasteiger partial charge is 0.493 e. The number of methoxy groups -OCH3 is 1. The molecule has 3 rings (SSSR count). The first-order valence-corrected chi connectivity index (χ1v) is 9.89. The van der Waals surface area contributed by atoms with Gasteiger partial charge in [0, 0.05) is 0 Å². The lowest BCUT2D eigenvalue weighted by atomic mass is 9.87. The molecule has 0 saturated heterocycles. The molecule has 0 atom stereocenters. The molecule has 3 aromatic rings. The first kappa shape index (κ1) is 22.0. The van der Waals surface area contributed by atoms with Gasteiger partial charge in [-0.3, -0.25) is 5.43 Å². The van der Waals surface area contributed by atoms with Crippen LogP contribution in [0.3, 0.4) is 0 Å². The number of ether oxygens (including phenoxy) is 2. The fourth-order valence-corrected chi connectivity index (χ4v) is 2.81. The molecule has 0 radical (unpaired) electrons. The topological polar surface area (TPSA) is 101 Å². The molecule has 162 valence electrons. The summed E-state index contributed by atoms with van der Waals surface area (Å²) in [7, 11) is 1.59. The quantitative estimate of drug-likeness (QED) is 0.444. The van der Waals surface area contributed by atoms with Crippen LogP contribution in [0.5, 0.6) is 11.5 Å². The summed E-state index contributed by atoms with van der Waals surface area (Å²) in [5.74, 6) is 1.54. The van der Waals surface area contributed by atoms with Crippen LogP contribution in [0.2, 0.25) is 0 Å². The van der Waals surface area contributed by atoms with E-state index in [1.807, 2.05) is 18.2 Å². The molecule has 0 fully saturated rings. The maximum Gasteiger partial charge on any atom is 0.363 e. The lowest BCUT2D eigenvalue weighted by Crippen LogP contribution is -2.15. The Bertz CT molecular complexity index is 1120. The van der Waals surface area contributed by atoms with Gasteiger partial charge in [-0.2, -0.15) is 15.2 Å². The molecule has 1 aromatic heterocycles. The standard InChI is InChI=1S/C23H27N5O3/c1-15-21(25-22(29)28-26-15)27-24-13-17-8-11-19(20(12-17)30-5)31-14-16-6-9-18(10-7-16)23(2,3)4/h6-13H,14H2,1-5H3,(H2,25,27,28,29)/b24-13+. The molecule has 0 amide bonds. The van der Waals surface area contributed by atoms with Crippen molar-refractivity contribution in [2.75, 3.05) is 12.5 Å². The number of H-pyrrole nitrogens is 1. The number of nitrogens with one attached hydrogen (secondary N) is 2. The summed E-state index contributed by atoms with van der Waals surface area (Å²) < 4.78 is 11.4. The predicted octanol–water partition coefficient (Wildman–Crippen LogP) is 3.80. The first-order chi connectivity index (χ1) is 14.8. The number of hydrogen-bond donors (Lipinski definition) is 2. The van der Waals surface area contributed by atoms with Crippen molar-refractivity contribution in [3.8, 4) is 11.5 Å². The van der Waals surface area contributed by atoms with Gasteiger partial charge in [0.2, 0.25) is 0 Å². The Hall–Kier alpha value is -3.68. The van der Waals surface area contributed by atoms with E-state index in [-0.39, 0.29) is 5.41 Å². The van der Waals surface area contributed by atoms with Gasteiger partial charge in [-0.15, -0.1) is 0 Å².